The third-order valence-electron chi connectivity index (χ3n) is 4.36. The third-order valence-corrected chi connectivity index (χ3v) is 4.36. The maximum absolute atomic E-state index is 13.7. The molecule has 0 bridgehead atoms. The van der Waals surface area contributed by atoms with Crippen molar-refractivity contribution in [2.45, 2.75) is 32.3 Å². The van der Waals surface area contributed by atoms with Crippen molar-refractivity contribution in [3.8, 4) is 11.6 Å². The Morgan fingerprint density at radius 2 is 2.28 bits per heavy atom. The van der Waals surface area contributed by atoms with Crippen LogP contribution in [0.1, 0.15) is 24.0 Å². The van der Waals surface area contributed by atoms with Crippen LogP contribution in [0.4, 0.5) is 4.39 Å². The number of ether oxygens (including phenoxy) is 1. The molecule has 0 spiro atoms. The molecule has 1 aromatic heterocycles. The number of aromatic nitrogens is 1. The van der Waals surface area contributed by atoms with Gasteiger partial charge in [0.2, 0.25) is 5.91 Å². The van der Waals surface area contributed by atoms with Crippen LogP contribution in [0.5, 0.6) is 11.6 Å². The molecule has 0 radical (unpaired) electrons. The van der Waals surface area contributed by atoms with Gasteiger partial charge in [-0.15, -0.1) is 0 Å². The molecule has 1 aliphatic heterocycles. The Morgan fingerprint density at radius 1 is 1.44 bits per heavy atom. The lowest BCUT2D eigenvalue weighted by molar-refractivity contribution is -0.133. The molecule has 1 aromatic carbocycles. The fourth-order valence-electron chi connectivity index (χ4n) is 2.93. The van der Waals surface area contributed by atoms with E-state index in [0.29, 0.717) is 13.1 Å². The molecule has 1 N–H and O–H groups in total. The van der Waals surface area contributed by atoms with Gasteiger partial charge in [-0.2, -0.15) is 0 Å². The Labute approximate surface area is 146 Å². The SMILES string of the molecule is Cc1ccc(CC(=O)N2CCC[C@H](Oc3ncccc3F)C2)cc1O. The van der Waals surface area contributed by atoms with E-state index in [2.05, 4.69) is 4.98 Å². The molecule has 132 valence electrons. The number of rotatable bonds is 4. The predicted octanol–water partition coefficient (Wildman–Crippen LogP) is 2.85. The molecular formula is C19H21FN2O3. The minimum Gasteiger partial charge on any atom is -0.508 e. The highest BCUT2D eigenvalue weighted by molar-refractivity contribution is 5.79. The van der Waals surface area contributed by atoms with E-state index >= 15 is 0 Å². The summed E-state index contributed by atoms with van der Waals surface area (Å²) < 4.78 is 19.3. The quantitative estimate of drug-likeness (QED) is 0.926. The van der Waals surface area contributed by atoms with Crippen molar-refractivity contribution < 1.29 is 19.0 Å². The molecule has 1 amide bonds. The lowest BCUT2D eigenvalue weighted by atomic mass is 10.0. The average molecular weight is 344 g/mol. The van der Waals surface area contributed by atoms with E-state index in [0.717, 1.165) is 24.0 Å². The summed E-state index contributed by atoms with van der Waals surface area (Å²) in [5, 5.41) is 9.77. The van der Waals surface area contributed by atoms with Crippen LogP contribution in [0, 0.1) is 12.7 Å². The first-order valence-corrected chi connectivity index (χ1v) is 8.36. The molecule has 5 nitrogen and oxygen atoms in total. The number of phenolic OH excluding ortho intramolecular Hbond substituents is 1. The topological polar surface area (TPSA) is 62.7 Å². The van der Waals surface area contributed by atoms with Crippen LogP contribution in [0.3, 0.4) is 0 Å². The second-order valence-corrected chi connectivity index (χ2v) is 6.31. The average Bonchev–Trinajstić information content (AvgIpc) is 2.60. The molecule has 1 fully saturated rings. The van der Waals surface area contributed by atoms with Crippen LogP contribution >= 0.6 is 0 Å². The Hall–Kier alpha value is -2.63. The summed E-state index contributed by atoms with van der Waals surface area (Å²) in [5.74, 6) is -0.361. The minimum atomic E-state index is -0.499. The third kappa shape index (κ3) is 4.26. The van der Waals surface area contributed by atoms with E-state index < -0.39 is 5.82 Å². The highest BCUT2D eigenvalue weighted by Gasteiger charge is 2.26. The van der Waals surface area contributed by atoms with Crippen LogP contribution < -0.4 is 4.74 Å². The van der Waals surface area contributed by atoms with Gasteiger partial charge in [0.1, 0.15) is 11.9 Å². The first-order valence-electron chi connectivity index (χ1n) is 8.36. The predicted molar refractivity (Wildman–Crippen MR) is 91.0 cm³/mol. The fourth-order valence-corrected chi connectivity index (χ4v) is 2.93. The smallest absolute Gasteiger partial charge is 0.250 e. The van der Waals surface area contributed by atoms with Gasteiger partial charge in [-0.1, -0.05) is 12.1 Å². The lowest BCUT2D eigenvalue weighted by Gasteiger charge is -2.32. The van der Waals surface area contributed by atoms with Gasteiger partial charge in [-0.05, 0) is 49.1 Å². The van der Waals surface area contributed by atoms with Gasteiger partial charge in [0, 0.05) is 12.7 Å². The van der Waals surface area contributed by atoms with Crippen molar-refractivity contribution in [2.75, 3.05) is 13.1 Å². The standard InChI is InChI=1S/C19H21FN2O3/c1-13-6-7-14(10-17(13)23)11-18(24)22-9-3-4-15(12-22)25-19-16(20)5-2-8-21-19/h2,5-8,10,15,23H,3-4,9,11-12H2,1H3/t15-/m0/s1. The van der Waals surface area contributed by atoms with Crippen LogP contribution in [0.25, 0.3) is 0 Å². The van der Waals surface area contributed by atoms with Crippen molar-refractivity contribution in [3.05, 3.63) is 53.5 Å². The van der Waals surface area contributed by atoms with E-state index in [9.17, 15) is 14.3 Å². The number of carbonyl (C=O) groups excluding carboxylic acids is 1. The largest absolute Gasteiger partial charge is 0.508 e. The number of piperidine rings is 1. The Balaban J connectivity index is 1.61. The molecule has 0 aliphatic carbocycles. The molecule has 1 aliphatic rings. The molecule has 1 atom stereocenters. The number of nitrogens with zero attached hydrogens (tertiary/aromatic N) is 2. The van der Waals surface area contributed by atoms with Crippen LogP contribution in [-0.2, 0) is 11.2 Å². The summed E-state index contributed by atoms with van der Waals surface area (Å²) in [6, 6.07) is 8.07. The van der Waals surface area contributed by atoms with Crippen LogP contribution in [0.2, 0.25) is 0 Å². The fraction of sp³-hybridized carbons (Fsp3) is 0.368. The van der Waals surface area contributed by atoms with Crippen molar-refractivity contribution in [1.29, 1.82) is 0 Å². The van der Waals surface area contributed by atoms with Crippen LogP contribution in [-0.4, -0.2) is 40.1 Å². The zero-order valence-electron chi connectivity index (χ0n) is 14.1. The number of halogens is 1. The highest BCUT2D eigenvalue weighted by atomic mass is 19.1. The van der Waals surface area contributed by atoms with Gasteiger partial charge >= 0.3 is 0 Å². The molecule has 0 unspecified atom stereocenters. The second kappa shape index (κ2) is 7.51. The zero-order chi connectivity index (χ0) is 17.8. The van der Waals surface area contributed by atoms with E-state index in [1.165, 1.54) is 18.3 Å². The molecular weight excluding hydrogens is 323 g/mol. The number of hydrogen-bond acceptors (Lipinski definition) is 4. The number of aryl methyl sites for hydroxylation is 1. The van der Waals surface area contributed by atoms with E-state index in [4.69, 9.17) is 4.74 Å². The summed E-state index contributed by atoms with van der Waals surface area (Å²) >= 11 is 0. The van der Waals surface area contributed by atoms with Crippen molar-refractivity contribution in [2.24, 2.45) is 0 Å². The number of phenols is 1. The Kier molecular flexibility index (Phi) is 5.16. The van der Waals surface area contributed by atoms with E-state index in [-0.39, 0.29) is 30.1 Å². The Bertz CT molecular complexity index is 766. The summed E-state index contributed by atoms with van der Waals surface area (Å²) in [7, 11) is 0. The Morgan fingerprint density at radius 3 is 3.04 bits per heavy atom. The van der Waals surface area contributed by atoms with Gasteiger partial charge in [0.05, 0.1) is 13.0 Å². The van der Waals surface area contributed by atoms with Gasteiger partial charge in [0.15, 0.2) is 5.82 Å². The minimum absolute atomic E-state index is 0.0229. The molecule has 6 heteroatoms. The summed E-state index contributed by atoms with van der Waals surface area (Å²) in [6.07, 6.45) is 2.98. The van der Waals surface area contributed by atoms with Gasteiger partial charge in [-0.3, -0.25) is 4.79 Å². The van der Waals surface area contributed by atoms with E-state index in [1.807, 2.05) is 13.0 Å². The number of likely N-dealkylation sites (tertiary alicyclic amines) is 1. The monoisotopic (exact) mass is 344 g/mol. The molecule has 0 saturated carbocycles. The van der Waals surface area contributed by atoms with Gasteiger partial charge < -0.3 is 14.7 Å². The van der Waals surface area contributed by atoms with Crippen molar-refractivity contribution >= 4 is 5.91 Å². The zero-order valence-corrected chi connectivity index (χ0v) is 14.1. The number of amides is 1. The molecule has 2 aromatic rings. The summed E-state index contributed by atoms with van der Waals surface area (Å²) in [5.41, 5.74) is 1.55. The number of aromatic hydroxyl groups is 1. The second-order valence-electron chi connectivity index (χ2n) is 6.31. The maximum atomic E-state index is 13.7. The van der Waals surface area contributed by atoms with Crippen molar-refractivity contribution in [3.63, 3.8) is 0 Å². The number of pyridine rings is 1. The molecule has 2 heterocycles. The highest BCUT2D eigenvalue weighted by Crippen LogP contribution is 2.21. The molecule has 3 rings (SSSR count). The maximum Gasteiger partial charge on any atom is 0.250 e. The normalized spacial score (nSPS) is 17.4. The van der Waals surface area contributed by atoms with Gasteiger partial charge in [-0.25, -0.2) is 9.37 Å². The first kappa shape index (κ1) is 17.2. The number of carbonyl (C=O) groups is 1. The van der Waals surface area contributed by atoms with Gasteiger partial charge in [0.25, 0.3) is 5.88 Å². The summed E-state index contributed by atoms with van der Waals surface area (Å²) in [6.45, 7) is 2.87. The van der Waals surface area contributed by atoms with Crippen LogP contribution in [0.15, 0.2) is 36.5 Å². The van der Waals surface area contributed by atoms with E-state index in [1.54, 1.807) is 17.0 Å². The number of benzene rings is 1. The molecule has 1 saturated heterocycles. The van der Waals surface area contributed by atoms with Crippen molar-refractivity contribution in [1.82, 2.24) is 9.88 Å². The molecule has 25 heavy (non-hydrogen) atoms. The summed E-state index contributed by atoms with van der Waals surface area (Å²) in [4.78, 5) is 18.2. The number of hydrogen-bond donors (Lipinski definition) is 1. The lowest BCUT2D eigenvalue weighted by Crippen LogP contribution is -2.45. The first-order chi connectivity index (χ1) is 12.0.